The summed E-state index contributed by atoms with van der Waals surface area (Å²) in [5.41, 5.74) is 2.37. The van der Waals surface area contributed by atoms with Gasteiger partial charge in [0.2, 0.25) is 0 Å². The van der Waals surface area contributed by atoms with Gasteiger partial charge in [-0.05, 0) is 30.7 Å². The molecule has 0 aliphatic heterocycles. The quantitative estimate of drug-likeness (QED) is 0.286. The monoisotopic (exact) mass is 390 g/mol. The molecule has 0 saturated heterocycles. The van der Waals surface area contributed by atoms with E-state index in [1.165, 1.54) is 15.8 Å². The van der Waals surface area contributed by atoms with Crippen LogP contribution in [-0.4, -0.2) is 11.2 Å². The number of rotatable bonds is 6. The molecule has 2 heterocycles. The Morgan fingerprint density at radius 1 is 1.07 bits per heavy atom. The standard InChI is InChI=1S/C22H18N2OS2/c1-16-7-9-18(10-8-16)26-21-13-23-14-22-20(21)11-19(27-22)12-24-25-15-17-5-3-2-4-6-17/h2-14H,15H2,1H3/b24-12+. The van der Waals surface area contributed by atoms with E-state index in [1.807, 2.05) is 42.7 Å². The number of hydrogen-bond acceptors (Lipinski definition) is 5. The van der Waals surface area contributed by atoms with E-state index in [0.29, 0.717) is 6.61 Å². The van der Waals surface area contributed by atoms with Crippen molar-refractivity contribution in [2.45, 2.75) is 23.3 Å². The minimum Gasteiger partial charge on any atom is -0.391 e. The Bertz CT molecular complexity index is 1060. The van der Waals surface area contributed by atoms with Gasteiger partial charge in [-0.25, -0.2) is 0 Å². The Labute approximate surface area is 166 Å². The SMILES string of the molecule is Cc1ccc(Sc2cncc3sc(/C=N/OCc4ccccc4)cc23)cc1. The molecule has 4 rings (SSSR count). The van der Waals surface area contributed by atoms with Gasteiger partial charge in [0.1, 0.15) is 6.61 Å². The minimum atomic E-state index is 0.471. The van der Waals surface area contributed by atoms with Gasteiger partial charge in [-0.15, -0.1) is 11.3 Å². The Balaban J connectivity index is 1.48. The molecule has 0 spiro atoms. The van der Waals surface area contributed by atoms with Gasteiger partial charge >= 0.3 is 0 Å². The van der Waals surface area contributed by atoms with E-state index in [2.05, 4.69) is 47.4 Å². The maximum absolute atomic E-state index is 5.41. The van der Waals surface area contributed by atoms with E-state index >= 15 is 0 Å². The number of benzene rings is 2. The second-order valence-electron chi connectivity index (χ2n) is 6.11. The summed E-state index contributed by atoms with van der Waals surface area (Å²) in [5.74, 6) is 0. The average molecular weight is 391 g/mol. The maximum atomic E-state index is 5.41. The van der Waals surface area contributed by atoms with Crippen LogP contribution in [-0.2, 0) is 11.4 Å². The number of aryl methyl sites for hydroxylation is 1. The predicted molar refractivity (Wildman–Crippen MR) is 114 cm³/mol. The maximum Gasteiger partial charge on any atom is 0.142 e. The normalized spacial score (nSPS) is 11.3. The van der Waals surface area contributed by atoms with E-state index in [0.717, 1.165) is 20.0 Å². The highest BCUT2D eigenvalue weighted by molar-refractivity contribution is 7.99. The van der Waals surface area contributed by atoms with E-state index in [4.69, 9.17) is 4.84 Å². The third-order valence-electron chi connectivity index (χ3n) is 4.01. The van der Waals surface area contributed by atoms with Crippen LogP contribution in [0.5, 0.6) is 0 Å². The molecule has 134 valence electrons. The van der Waals surface area contributed by atoms with Crippen LogP contribution in [0.3, 0.4) is 0 Å². The van der Waals surface area contributed by atoms with Crippen molar-refractivity contribution in [3.05, 3.63) is 89.1 Å². The summed E-state index contributed by atoms with van der Waals surface area (Å²) in [6.45, 7) is 2.57. The lowest BCUT2D eigenvalue weighted by molar-refractivity contribution is 0.132. The Morgan fingerprint density at radius 2 is 1.89 bits per heavy atom. The Morgan fingerprint density at radius 3 is 2.70 bits per heavy atom. The number of pyridine rings is 1. The van der Waals surface area contributed by atoms with Crippen LogP contribution in [0.15, 0.2) is 88.0 Å². The molecule has 3 nitrogen and oxygen atoms in total. The first-order valence-corrected chi connectivity index (χ1v) is 10.2. The molecule has 0 radical (unpaired) electrons. The molecule has 0 N–H and O–H groups in total. The van der Waals surface area contributed by atoms with Gasteiger partial charge in [0.25, 0.3) is 0 Å². The molecule has 0 aliphatic rings. The van der Waals surface area contributed by atoms with E-state index < -0.39 is 0 Å². The largest absolute Gasteiger partial charge is 0.391 e. The van der Waals surface area contributed by atoms with Gasteiger partial charge in [0.15, 0.2) is 0 Å². The van der Waals surface area contributed by atoms with Crippen LogP contribution < -0.4 is 0 Å². The van der Waals surface area contributed by atoms with Crippen molar-refractivity contribution < 1.29 is 4.84 Å². The lowest BCUT2D eigenvalue weighted by atomic mass is 10.2. The van der Waals surface area contributed by atoms with Crippen molar-refractivity contribution in [1.82, 2.24) is 4.98 Å². The van der Waals surface area contributed by atoms with Gasteiger partial charge in [0.05, 0.1) is 15.8 Å². The molecular formula is C22H18N2OS2. The third kappa shape index (κ3) is 4.56. The summed E-state index contributed by atoms with van der Waals surface area (Å²) in [6, 6.07) is 20.7. The molecule has 0 atom stereocenters. The topological polar surface area (TPSA) is 34.5 Å². The summed E-state index contributed by atoms with van der Waals surface area (Å²) in [7, 11) is 0. The Hall–Kier alpha value is -2.63. The van der Waals surface area contributed by atoms with Crippen molar-refractivity contribution in [3.63, 3.8) is 0 Å². The first kappa shape index (κ1) is 17.8. The fourth-order valence-electron chi connectivity index (χ4n) is 2.61. The van der Waals surface area contributed by atoms with Gasteiger partial charge in [0, 0.05) is 27.6 Å². The first-order chi connectivity index (χ1) is 13.3. The van der Waals surface area contributed by atoms with Crippen LogP contribution in [0.25, 0.3) is 10.1 Å². The van der Waals surface area contributed by atoms with Crippen LogP contribution >= 0.6 is 23.1 Å². The first-order valence-electron chi connectivity index (χ1n) is 8.59. The van der Waals surface area contributed by atoms with E-state index in [9.17, 15) is 0 Å². The molecule has 2 aromatic carbocycles. The van der Waals surface area contributed by atoms with Crippen LogP contribution in [0, 0.1) is 6.92 Å². The molecule has 5 heteroatoms. The molecule has 0 bridgehead atoms. The molecule has 0 amide bonds. The number of aromatic nitrogens is 1. The zero-order valence-electron chi connectivity index (χ0n) is 14.8. The molecule has 0 unspecified atom stereocenters. The number of thiophene rings is 1. The number of oxime groups is 1. The summed E-state index contributed by atoms with van der Waals surface area (Å²) >= 11 is 3.40. The molecule has 27 heavy (non-hydrogen) atoms. The molecule has 2 aromatic heterocycles. The second-order valence-corrected chi connectivity index (χ2v) is 8.34. The van der Waals surface area contributed by atoms with Crippen molar-refractivity contribution in [1.29, 1.82) is 0 Å². The van der Waals surface area contributed by atoms with E-state index in [1.54, 1.807) is 29.3 Å². The number of nitrogens with zero attached hydrogens (tertiary/aromatic N) is 2. The highest BCUT2D eigenvalue weighted by Crippen LogP contribution is 2.36. The molecule has 0 saturated carbocycles. The highest BCUT2D eigenvalue weighted by atomic mass is 32.2. The van der Waals surface area contributed by atoms with E-state index in [-0.39, 0.29) is 0 Å². The minimum absolute atomic E-state index is 0.471. The second kappa shape index (κ2) is 8.37. The molecule has 0 fully saturated rings. The zero-order valence-corrected chi connectivity index (χ0v) is 16.5. The predicted octanol–water partition coefficient (Wildman–Crippen LogP) is 6.31. The summed E-state index contributed by atoms with van der Waals surface area (Å²) in [4.78, 5) is 13.2. The molecule has 4 aromatic rings. The van der Waals surface area contributed by atoms with Crippen LogP contribution in [0.2, 0.25) is 0 Å². The molecular weight excluding hydrogens is 372 g/mol. The van der Waals surface area contributed by atoms with Gasteiger partial charge in [-0.3, -0.25) is 4.98 Å². The van der Waals surface area contributed by atoms with Crippen molar-refractivity contribution in [2.75, 3.05) is 0 Å². The van der Waals surface area contributed by atoms with Gasteiger partial charge in [-0.1, -0.05) is 64.9 Å². The fourth-order valence-corrected chi connectivity index (χ4v) is 4.51. The van der Waals surface area contributed by atoms with Gasteiger partial charge < -0.3 is 4.84 Å². The molecule has 0 aliphatic carbocycles. The summed E-state index contributed by atoms with van der Waals surface area (Å²) < 4.78 is 1.15. The zero-order chi connectivity index (χ0) is 18.5. The summed E-state index contributed by atoms with van der Waals surface area (Å²) in [5, 5.41) is 5.31. The lowest BCUT2D eigenvalue weighted by Crippen LogP contribution is -1.86. The third-order valence-corrected chi connectivity index (χ3v) is 6.06. The van der Waals surface area contributed by atoms with Crippen LogP contribution in [0.4, 0.5) is 0 Å². The highest BCUT2D eigenvalue weighted by Gasteiger charge is 2.08. The fraction of sp³-hybridized carbons (Fsp3) is 0.0909. The summed E-state index contributed by atoms with van der Waals surface area (Å²) in [6.07, 6.45) is 5.60. The number of fused-ring (bicyclic) bond motifs is 1. The lowest BCUT2D eigenvalue weighted by Gasteiger charge is -2.03. The van der Waals surface area contributed by atoms with Crippen molar-refractivity contribution >= 4 is 39.4 Å². The Kier molecular flexibility index (Phi) is 5.51. The average Bonchev–Trinajstić information content (AvgIpc) is 3.12. The van der Waals surface area contributed by atoms with Gasteiger partial charge in [-0.2, -0.15) is 0 Å². The smallest absolute Gasteiger partial charge is 0.142 e. The number of hydrogen-bond donors (Lipinski definition) is 0. The van der Waals surface area contributed by atoms with Crippen LogP contribution in [0.1, 0.15) is 16.0 Å². The van der Waals surface area contributed by atoms with Crippen molar-refractivity contribution in [3.8, 4) is 0 Å². The van der Waals surface area contributed by atoms with Crippen molar-refractivity contribution in [2.24, 2.45) is 5.16 Å².